The van der Waals surface area contributed by atoms with E-state index < -0.39 is 5.97 Å². The number of carbonyl (C=O) groups excluding carboxylic acids is 1. The molecule has 2 atom stereocenters. The van der Waals surface area contributed by atoms with E-state index in [1.165, 1.54) is 16.7 Å². The van der Waals surface area contributed by atoms with Gasteiger partial charge in [-0.3, -0.25) is 4.79 Å². The second kappa shape index (κ2) is 6.46. The molecule has 100 valence electrons. The molecule has 0 fully saturated rings. The van der Waals surface area contributed by atoms with E-state index in [0.717, 1.165) is 0 Å². The summed E-state index contributed by atoms with van der Waals surface area (Å²) in [5.74, 6) is -1.17. The van der Waals surface area contributed by atoms with Gasteiger partial charge in [-0.1, -0.05) is 0 Å². The van der Waals surface area contributed by atoms with E-state index in [-0.39, 0.29) is 23.7 Å². The predicted octanol–water partition coefficient (Wildman–Crippen LogP) is 1.15. The number of nitrogens with two attached hydrogens (primary N) is 1. The maximum Gasteiger partial charge on any atom is 0.355 e. The fourth-order valence-corrected chi connectivity index (χ4v) is 2.12. The molecule has 2 unspecified atom stereocenters. The molecule has 0 aromatic carbocycles. The van der Waals surface area contributed by atoms with Crippen molar-refractivity contribution in [3.63, 3.8) is 0 Å². The quantitative estimate of drug-likeness (QED) is 0.719. The molecule has 6 nitrogen and oxygen atoms in total. The van der Waals surface area contributed by atoms with E-state index in [0.29, 0.717) is 17.8 Å². The first-order valence-electron chi connectivity index (χ1n) is 5.63. The number of carbonyl (C=O) groups is 2. The number of carboxylic acids is 1. The van der Waals surface area contributed by atoms with E-state index >= 15 is 0 Å². The van der Waals surface area contributed by atoms with E-state index in [4.69, 9.17) is 10.8 Å². The van der Waals surface area contributed by atoms with Gasteiger partial charge in [0.15, 0.2) is 5.69 Å². The Morgan fingerprint density at radius 3 is 2.72 bits per heavy atom. The van der Waals surface area contributed by atoms with Crippen molar-refractivity contribution in [3.8, 4) is 0 Å². The number of rotatable bonds is 6. The molecule has 0 aliphatic rings. The summed E-state index contributed by atoms with van der Waals surface area (Å²) >= 11 is 1.22. The monoisotopic (exact) mass is 271 g/mol. The number of thiazole rings is 1. The van der Waals surface area contributed by atoms with Crippen molar-refractivity contribution in [2.24, 2.45) is 5.73 Å². The molecule has 0 aliphatic heterocycles. The first-order chi connectivity index (χ1) is 8.40. The highest BCUT2D eigenvalue weighted by Gasteiger charge is 2.15. The first kappa shape index (κ1) is 14.6. The molecule has 0 radical (unpaired) electrons. The number of aromatic carboxylic acids is 1. The van der Waals surface area contributed by atoms with Crippen molar-refractivity contribution >= 4 is 23.2 Å². The Balaban J connectivity index is 2.51. The Bertz CT molecular complexity index is 431. The highest BCUT2D eigenvalue weighted by atomic mass is 32.1. The topological polar surface area (TPSA) is 105 Å². The van der Waals surface area contributed by atoms with E-state index in [1.54, 1.807) is 6.92 Å². The standard InChI is InChI=1S/C11H17N3O3S/c1-6(12)3-4-9(15)13-7(2)10-14-8(5-18-10)11(16)17/h5-7H,3-4,12H2,1-2H3,(H,13,15)(H,16,17). The molecule has 0 aliphatic carbocycles. The molecule has 18 heavy (non-hydrogen) atoms. The van der Waals surface area contributed by atoms with Gasteiger partial charge in [-0.2, -0.15) is 0 Å². The van der Waals surface area contributed by atoms with Gasteiger partial charge in [0.25, 0.3) is 0 Å². The lowest BCUT2D eigenvalue weighted by atomic mass is 10.2. The highest BCUT2D eigenvalue weighted by Crippen LogP contribution is 2.18. The summed E-state index contributed by atoms with van der Waals surface area (Å²) in [5, 5.41) is 13.6. The molecule has 0 saturated carbocycles. The first-order valence-corrected chi connectivity index (χ1v) is 6.51. The minimum Gasteiger partial charge on any atom is -0.476 e. The number of nitrogens with one attached hydrogen (secondary N) is 1. The van der Waals surface area contributed by atoms with E-state index in [1.807, 2.05) is 6.92 Å². The molecule has 4 N–H and O–H groups in total. The van der Waals surface area contributed by atoms with Crippen molar-refractivity contribution in [2.75, 3.05) is 0 Å². The summed E-state index contributed by atoms with van der Waals surface area (Å²) < 4.78 is 0. The highest BCUT2D eigenvalue weighted by molar-refractivity contribution is 7.09. The van der Waals surface area contributed by atoms with Crippen LogP contribution in [0.1, 0.15) is 48.2 Å². The van der Waals surface area contributed by atoms with Crippen LogP contribution in [0.15, 0.2) is 5.38 Å². The summed E-state index contributed by atoms with van der Waals surface area (Å²) in [6.45, 7) is 3.62. The Labute approximate surface area is 109 Å². The number of hydrogen-bond donors (Lipinski definition) is 3. The van der Waals surface area contributed by atoms with Crippen LogP contribution >= 0.6 is 11.3 Å². The fraction of sp³-hybridized carbons (Fsp3) is 0.545. The summed E-state index contributed by atoms with van der Waals surface area (Å²) in [5.41, 5.74) is 5.57. The van der Waals surface area contributed by atoms with Crippen molar-refractivity contribution in [3.05, 3.63) is 16.1 Å². The van der Waals surface area contributed by atoms with Crippen LogP contribution in [0.4, 0.5) is 0 Å². The van der Waals surface area contributed by atoms with Gasteiger partial charge >= 0.3 is 5.97 Å². The Hall–Kier alpha value is -1.47. The minimum atomic E-state index is -1.06. The SMILES string of the molecule is CC(N)CCC(=O)NC(C)c1nc(C(=O)O)cs1. The second-order valence-corrected chi connectivity index (χ2v) is 5.07. The zero-order valence-corrected chi connectivity index (χ0v) is 11.2. The Morgan fingerprint density at radius 1 is 1.56 bits per heavy atom. The van der Waals surface area contributed by atoms with Crippen LogP contribution in [0.25, 0.3) is 0 Å². The summed E-state index contributed by atoms with van der Waals surface area (Å²) in [6, 6.07) is -0.298. The molecule has 1 aromatic heterocycles. The van der Waals surface area contributed by atoms with Gasteiger partial charge in [-0.15, -0.1) is 11.3 Å². The number of carboxylic acid groups (broad SMARTS) is 1. The lowest BCUT2D eigenvalue weighted by Gasteiger charge is -2.11. The van der Waals surface area contributed by atoms with Crippen LogP contribution < -0.4 is 11.1 Å². The van der Waals surface area contributed by atoms with Crippen molar-refractivity contribution in [1.82, 2.24) is 10.3 Å². The Morgan fingerprint density at radius 2 is 2.22 bits per heavy atom. The van der Waals surface area contributed by atoms with E-state index in [9.17, 15) is 9.59 Å². The van der Waals surface area contributed by atoms with Gasteiger partial charge in [0.1, 0.15) is 5.01 Å². The lowest BCUT2D eigenvalue weighted by Crippen LogP contribution is -2.28. The summed E-state index contributed by atoms with van der Waals surface area (Å²) in [7, 11) is 0. The molecule has 1 amide bonds. The molecule has 1 rings (SSSR count). The maximum atomic E-state index is 11.6. The third-order valence-corrected chi connectivity index (χ3v) is 3.34. The number of aromatic nitrogens is 1. The summed E-state index contributed by atoms with van der Waals surface area (Å²) in [6.07, 6.45) is 0.982. The lowest BCUT2D eigenvalue weighted by molar-refractivity contribution is -0.121. The van der Waals surface area contributed by atoms with Gasteiger partial charge < -0.3 is 16.2 Å². The van der Waals surface area contributed by atoms with Crippen molar-refractivity contribution in [2.45, 2.75) is 38.8 Å². The number of nitrogens with zero attached hydrogens (tertiary/aromatic N) is 1. The smallest absolute Gasteiger partial charge is 0.355 e. The van der Waals surface area contributed by atoms with Crippen molar-refractivity contribution in [1.29, 1.82) is 0 Å². The largest absolute Gasteiger partial charge is 0.476 e. The van der Waals surface area contributed by atoms with Crippen LogP contribution in [-0.4, -0.2) is 28.0 Å². The third kappa shape index (κ3) is 4.42. The molecule has 0 spiro atoms. The summed E-state index contributed by atoms with van der Waals surface area (Å²) in [4.78, 5) is 26.2. The zero-order chi connectivity index (χ0) is 13.7. The molecule has 1 aromatic rings. The van der Waals surface area contributed by atoms with Crippen LogP contribution in [0.2, 0.25) is 0 Å². The van der Waals surface area contributed by atoms with Gasteiger partial charge in [0.05, 0.1) is 6.04 Å². The molecular weight excluding hydrogens is 254 g/mol. The minimum absolute atomic E-state index is 0.00618. The maximum absolute atomic E-state index is 11.6. The van der Waals surface area contributed by atoms with Gasteiger partial charge in [-0.05, 0) is 20.3 Å². The number of amides is 1. The molecule has 1 heterocycles. The van der Waals surface area contributed by atoms with E-state index in [2.05, 4.69) is 10.3 Å². The van der Waals surface area contributed by atoms with Crippen LogP contribution in [0.3, 0.4) is 0 Å². The normalized spacial score (nSPS) is 13.9. The van der Waals surface area contributed by atoms with Crippen LogP contribution in [-0.2, 0) is 4.79 Å². The Kier molecular flexibility index (Phi) is 5.24. The number of hydrogen-bond acceptors (Lipinski definition) is 5. The molecular formula is C11H17N3O3S. The zero-order valence-electron chi connectivity index (χ0n) is 10.3. The predicted molar refractivity (Wildman–Crippen MR) is 68.5 cm³/mol. The van der Waals surface area contributed by atoms with Crippen molar-refractivity contribution < 1.29 is 14.7 Å². The molecule has 7 heteroatoms. The molecule has 0 saturated heterocycles. The second-order valence-electron chi connectivity index (χ2n) is 4.18. The van der Waals surface area contributed by atoms with Gasteiger partial charge in [0.2, 0.25) is 5.91 Å². The van der Waals surface area contributed by atoms with Crippen LogP contribution in [0, 0.1) is 0 Å². The average molecular weight is 271 g/mol. The average Bonchev–Trinajstić information content (AvgIpc) is 2.75. The van der Waals surface area contributed by atoms with Gasteiger partial charge in [-0.25, -0.2) is 9.78 Å². The van der Waals surface area contributed by atoms with Gasteiger partial charge in [0, 0.05) is 17.8 Å². The van der Waals surface area contributed by atoms with Crippen LogP contribution in [0.5, 0.6) is 0 Å². The molecule has 0 bridgehead atoms. The third-order valence-electron chi connectivity index (χ3n) is 2.32. The fourth-order valence-electron chi connectivity index (χ4n) is 1.32.